The van der Waals surface area contributed by atoms with E-state index in [9.17, 15) is 19.2 Å². The molecule has 4 amide bonds. The lowest BCUT2D eigenvalue weighted by Gasteiger charge is -2.24. The molecular formula is C44H18N2O4. The van der Waals surface area contributed by atoms with Crippen molar-refractivity contribution < 1.29 is 19.2 Å². The molecule has 2 heterocycles. The smallest absolute Gasteiger partial charge is 0.258 e. The topological polar surface area (TPSA) is 92.3 Å². The Hall–Kier alpha value is -6.92. The van der Waals surface area contributed by atoms with Crippen molar-refractivity contribution in [1.29, 1.82) is 0 Å². The molecule has 0 aliphatic carbocycles. The van der Waals surface area contributed by atoms with Gasteiger partial charge in [0.05, 0.1) is 0 Å². The van der Waals surface area contributed by atoms with Crippen LogP contribution >= 0.6 is 0 Å². The van der Waals surface area contributed by atoms with E-state index in [-0.39, 0.29) is 23.6 Å². The normalized spacial score (nSPS) is 14.9. The average molecular weight is 639 g/mol. The fourth-order valence-electron chi connectivity index (χ4n) is 9.91. The largest absolute Gasteiger partial charge is 0.288 e. The third-order valence-electron chi connectivity index (χ3n) is 11.8. The molecule has 2 aliphatic rings. The van der Waals surface area contributed by atoms with E-state index in [1.165, 1.54) is 43.1 Å². The van der Waals surface area contributed by atoms with E-state index in [0.717, 1.165) is 64.6 Å². The van der Waals surface area contributed by atoms with Crippen LogP contribution in [0.15, 0.2) is 97.1 Å². The van der Waals surface area contributed by atoms with Gasteiger partial charge in [-0.3, -0.25) is 29.8 Å². The van der Waals surface area contributed by atoms with Gasteiger partial charge in [-0.05, 0) is 121 Å². The van der Waals surface area contributed by atoms with Crippen molar-refractivity contribution in [2.45, 2.75) is 0 Å². The zero-order valence-corrected chi connectivity index (χ0v) is 25.9. The molecule has 228 valence electrons. The second kappa shape index (κ2) is 7.86. The first kappa shape index (κ1) is 25.1. The van der Waals surface area contributed by atoms with E-state index >= 15 is 0 Å². The van der Waals surface area contributed by atoms with Gasteiger partial charge in [0.1, 0.15) is 0 Å². The molecule has 2 N–H and O–H groups in total. The number of imide groups is 2. The molecule has 0 bridgehead atoms. The first-order valence-corrected chi connectivity index (χ1v) is 16.6. The highest BCUT2D eigenvalue weighted by molar-refractivity contribution is 6.47. The second-order valence-corrected chi connectivity index (χ2v) is 13.9. The number of nitrogens with one attached hydrogen (secondary N) is 2. The first-order chi connectivity index (χ1) is 24.5. The number of hydrogen-bond acceptors (Lipinski definition) is 4. The van der Waals surface area contributed by atoms with Crippen LogP contribution in [0.3, 0.4) is 0 Å². The molecule has 50 heavy (non-hydrogen) atoms. The highest BCUT2D eigenvalue weighted by Crippen LogP contribution is 2.51. The van der Waals surface area contributed by atoms with Gasteiger partial charge in [0.2, 0.25) is 0 Å². The Bertz CT molecular complexity index is 3110. The van der Waals surface area contributed by atoms with Gasteiger partial charge >= 0.3 is 0 Å². The first-order valence-electron chi connectivity index (χ1n) is 16.6. The Morgan fingerprint density at radius 1 is 0.220 bits per heavy atom. The molecule has 6 heteroatoms. The Balaban J connectivity index is 1.23. The van der Waals surface area contributed by atoms with Crippen LogP contribution in [-0.4, -0.2) is 23.6 Å². The van der Waals surface area contributed by atoms with E-state index < -0.39 is 0 Å². The summed E-state index contributed by atoms with van der Waals surface area (Å²) < 4.78 is 0. The third-order valence-corrected chi connectivity index (χ3v) is 11.8. The fraction of sp³-hybridized carbons (Fsp3) is 0. The molecule has 0 fully saturated rings. The lowest BCUT2D eigenvalue weighted by Crippen LogP contribution is -2.34. The molecule has 6 nitrogen and oxygen atoms in total. The average Bonchev–Trinajstić information content (AvgIpc) is 3.14. The number of amides is 4. The molecule has 13 rings (SSSR count). The summed E-state index contributed by atoms with van der Waals surface area (Å²) in [6, 6.07) is 33.2. The van der Waals surface area contributed by atoms with Crippen molar-refractivity contribution in [1.82, 2.24) is 10.6 Å². The Morgan fingerprint density at radius 2 is 0.380 bits per heavy atom. The van der Waals surface area contributed by atoms with Crippen molar-refractivity contribution in [3.63, 3.8) is 0 Å². The van der Waals surface area contributed by atoms with E-state index in [2.05, 4.69) is 59.2 Å². The monoisotopic (exact) mass is 638 g/mol. The summed E-state index contributed by atoms with van der Waals surface area (Å²) in [6.45, 7) is 0. The SMILES string of the molecule is O=C1NC(=O)c2ccc3c4ccc5c6ccc7c8ccc9c%10c(ccc(c%11ccc(c%12ccc(c%13ccc1c2c%133)c4c%125)c6c%117)c%108)C(=O)NC9=O. The number of carbonyl (C=O) groups excluding carboxylic acids is 4. The lowest BCUT2D eigenvalue weighted by atomic mass is 9.80. The van der Waals surface area contributed by atoms with Crippen LogP contribution in [0.4, 0.5) is 0 Å². The molecule has 0 saturated heterocycles. The number of rotatable bonds is 0. The maximum Gasteiger partial charge on any atom is 0.258 e. The van der Waals surface area contributed by atoms with Crippen LogP contribution in [0, 0.1) is 0 Å². The van der Waals surface area contributed by atoms with Gasteiger partial charge in [0, 0.05) is 33.0 Å². The maximum absolute atomic E-state index is 12.9. The molecule has 0 unspecified atom stereocenters. The van der Waals surface area contributed by atoms with Gasteiger partial charge in [0.25, 0.3) is 23.6 Å². The van der Waals surface area contributed by atoms with Gasteiger partial charge in [-0.1, -0.05) is 72.8 Å². The number of fused-ring (bicyclic) bond motifs is 6. The minimum Gasteiger partial charge on any atom is -0.288 e. The van der Waals surface area contributed by atoms with E-state index in [1.54, 1.807) is 0 Å². The molecule has 11 aromatic carbocycles. The molecular weight excluding hydrogens is 620 g/mol. The Labute approximate surface area is 279 Å². The highest BCUT2D eigenvalue weighted by Gasteiger charge is 2.30. The van der Waals surface area contributed by atoms with E-state index in [4.69, 9.17) is 0 Å². The summed E-state index contributed by atoms with van der Waals surface area (Å²) in [5.41, 5.74) is 2.11. The number of hydrogen-bond donors (Lipinski definition) is 2. The number of benzene rings is 11. The van der Waals surface area contributed by atoms with Crippen LogP contribution in [0.25, 0.3) is 108 Å². The summed E-state index contributed by atoms with van der Waals surface area (Å²) in [6.07, 6.45) is 0. The minimum absolute atomic E-state index is 0.360. The third kappa shape index (κ3) is 2.54. The highest BCUT2D eigenvalue weighted by atomic mass is 16.2. The van der Waals surface area contributed by atoms with Crippen molar-refractivity contribution in [2.24, 2.45) is 0 Å². The maximum atomic E-state index is 12.9. The van der Waals surface area contributed by atoms with Gasteiger partial charge in [-0.25, -0.2) is 0 Å². The van der Waals surface area contributed by atoms with Crippen LogP contribution in [0.1, 0.15) is 41.4 Å². The lowest BCUT2D eigenvalue weighted by molar-refractivity contribution is 0.0828. The minimum atomic E-state index is -0.360. The predicted octanol–water partition coefficient (Wildman–Crippen LogP) is 9.30. The van der Waals surface area contributed by atoms with Crippen LogP contribution in [-0.2, 0) is 0 Å². The molecule has 0 atom stereocenters. The summed E-state index contributed by atoms with van der Waals surface area (Å²) in [5, 5.41) is 26.2. The van der Waals surface area contributed by atoms with Crippen molar-refractivity contribution in [2.75, 3.05) is 0 Å². The second-order valence-electron chi connectivity index (χ2n) is 13.9. The van der Waals surface area contributed by atoms with Gasteiger partial charge in [-0.2, -0.15) is 0 Å². The molecule has 0 radical (unpaired) electrons. The van der Waals surface area contributed by atoms with Crippen molar-refractivity contribution >= 4 is 131 Å². The predicted molar refractivity (Wildman–Crippen MR) is 199 cm³/mol. The molecule has 0 saturated carbocycles. The molecule has 2 aliphatic heterocycles. The quantitative estimate of drug-likeness (QED) is 0.0984. The Morgan fingerprint density at radius 3 is 0.580 bits per heavy atom. The molecule has 0 spiro atoms. The summed E-state index contributed by atoms with van der Waals surface area (Å²) in [4.78, 5) is 51.6. The zero-order valence-electron chi connectivity index (χ0n) is 25.9. The van der Waals surface area contributed by atoms with Gasteiger partial charge in [-0.15, -0.1) is 0 Å². The van der Waals surface area contributed by atoms with Crippen molar-refractivity contribution in [3.05, 3.63) is 119 Å². The van der Waals surface area contributed by atoms with Gasteiger partial charge in [0.15, 0.2) is 0 Å². The Kier molecular flexibility index (Phi) is 3.95. The molecule has 0 aromatic heterocycles. The fourth-order valence-corrected chi connectivity index (χ4v) is 9.91. The standard InChI is InChI=1S/C44H18N2O4/c47-41-29-13-9-25-21-5-1-17-18-2-6-23-27-11-15-31-40-32(44(50)46-43(31)49)16-12-28(38(27)40)24-8-4-20(34(18)36(23)24)19-3-7-22(35(21)33(17)19)26-10-14-30(42(48)45-41)39(29)37(25)26/h1-16H,(H,45,47,48)(H,46,49,50). The van der Waals surface area contributed by atoms with Gasteiger partial charge < -0.3 is 0 Å². The van der Waals surface area contributed by atoms with Crippen molar-refractivity contribution in [3.8, 4) is 0 Å². The summed E-state index contributed by atoms with van der Waals surface area (Å²) in [5.74, 6) is -1.44. The number of carbonyl (C=O) groups is 4. The van der Waals surface area contributed by atoms with Crippen LogP contribution < -0.4 is 10.6 Å². The zero-order chi connectivity index (χ0) is 32.9. The summed E-state index contributed by atoms with van der Waals surface area (Å²) in [7, 11) is 0. The van der Waals surface area contributed by atoms with Crippen LogP contribution in [0.5, 0.6) is 0 Å². The van der Waals surface area contributed by atoms with E-state index in [0.29, 0.717) is 22.3 Å². The summed E-state index contributed by atoms with van der Waals surface area (Å²) >= 11 is 0. The van der Waals surface area contributed by atoms with Crippen LogP contribution in [0.2, 0.25) is 0 Å². The molecule has 11 aromatic rings. The van der Waals surface area contributed by atoms with E-state index in [1.807, 2.05) is 48.5 Å².